The molecule has 174 valence electrons. The van der Waals surface area contributed by atoms with Crippen molar-refractivity contribution in [3.05, 3.63) is 53.0 Å². The van der Waals surface area contributed by atoms with Crippen LogP contribution in [-0.4, -0.2) is 55.9 Å². The number of nitrogens with zero attached hydrogens (tertiary/aromatic N) is 3. The molecule has 1 aromatic carbocycles. The third-order valence-electron chi connectivity index (χ3n) is 5.83. The van der Waals surface area contributed by atoms with Gasteiger partial charge in [-0.15, -0.1) is 0 Å². The highest BCUT2D eigenvalue weighted by Crippen LogP contribution is 2.50. The van der Waals surface area contributed by atoms with Gasteiger partial charge in [0.1, 0.15) is 17.1 Å². The Kier molecular flexibility index (Phi) is 5.53. The molecule has 8 nitrogen and oxygen atoms in total. The number of likely N-dealkylation sites (N-methyl/N-ethyl adjacent to an activating group) is 1. The normalized spacial score (nSPS) is 26.9. The number of benzene rings is 1. The van der Waals surface area contributed by atoms with Gasteiger partial charge in [-0.05, 0) is 30.4 Å². The van der Waals surface area contributed by atoms with Gasteiger partial charge < -0.3 is 25.4 Å². The van der Waals surface area contributed by atoms with E-state index in [4.69, 9.17) is 20.5 Å². The highest BCUT2D eigenvalue weighted by molar-refractivity contribution is 6.03. The smallest absolute Gasteiger partial charge is 0.415 e. The Morgan fingerprint density at radius 3 is 2.82 bits per heavy atom. The lowest BCUT2D eigenvalue weighted by atomic mass is 9.77. The van der Waals surface area contributed by atoms with E-state index in [9.17, 15) is 22.4 Å². The first-order chi connectivity index (χ1) is 15.5. The SMILES string of the molecule is CN1CC(C#N)=CC=C1C(=O)Nc1ccc(F)c(C23CO[C@H](C(F)(F)F)C2COC(N)=N3)c1. The van der Waals surface area contributed by atoms with Crippen LogP contribution in [0.5, 0.6) is 0 Å². The van der Waals surface area contributed by atoms with Gasteiger partial charge in [-0.1, -0.05) is 0 Å². The standard InChI is InChI=1S/C21H19F4N5O3/c1-30-8-11(7-26)2-5-16(30)18(31)28-12-3-4-15(22)13(6-12)20-10-33-17(21(23,24)25)14(20)9-32-19(27)29-20/h2-6,14,17H,8-10H2,1H3,(H2,27,29)(H,28,31)/t14?,17-,20?/m0/s1. The third-order valence-corrected chi connectivity index (χ3v) is 5.83. The van der Waals surface area contributed by atoms with E-state index in [0.29, 0.717) is 5.57 Å². The molecule has 33 heavy (non-hydrogen) atoms. The highest BCUT2D eigenvalue weighted by Gasteiger charge is 2.62. The number of ether oxygens (including phenoxy) is 2. The van der Waals surface area contributed by atoms with Gasteiger partial charge in [0.15, 0.2) is 6.10 Å². The van der Waals surface area contributed by atoms with Crippen molar-refractivity contribution >= 4 is 17.6 Å². The van der Waals surface area contributed by atoms with Gasteiger partial charge in [-0.3, -0.25) is 4.79 Å². The molecule has 3 heterocycles. The summed E-state index contributed by atoms with van der Waals surface area (Å²) in [5.41, 5.74) is 4.54. The number of rotatable bonds is 3. The number of halogens is 4. The minimum atomic E-state index is -4.71. The summed E-state index contributed by atoms with van der Waals surface area (Å²) in [6, 6.07) is 5.18. The Labute approximate surface area is 185 Å². The largest absolute Gasteiger partial charge is 0.465 e. The fourth-order valence-electron chi connectivity index (χ4n) is 4.25. The Bertz CT molecular complexity index is 1120. The number of hydrogen-bond donors (Lipinski definition) is 2. The zero-order valence-electron chi connectivity index (χ0n) is 17.3. The molecular weight excluding hydrogens is 446 g/mol. The summed E-state index contributed by atoms with van der Waals surface area (Å²) in [4.78, 5) is 18.4. The molecule has 0 saturated carbocycles. The van der Waals surface area contributed by atoms with Crippen molar-refractivity contribution in [3.63, 3.8) is 0 Å². The number of nitrogens with one attached hydrogen (secondary N) is 1. The van der Waals surface area contributed by atoms with E-state index < -0.39 is 48.7 Å². The summed E-state index contributed by atoms with van der Waals surface area (Å²) in [5.74, 6) is -2.73. The van der Waals surface area contributed by atoms with Crippen molar-refractivity contribution in [2.75, 3.05) is 32.1 Å². The predicted octanol–water partition coefficient (Wildman–Crippen LogP) is 2.16. The first-order valence-corrected chi connectivity index (χ1v) is 9.85. The van der Waals surface area contributed by atoms with Gasteiger partial charge in [0.25, 0.3) is 11.9 Å². The Morgan fingerprint density at radius 2 is 2.15 bits per heavy atom. The van der Waals surface area contributed by atoms with Gasteiger partial charge in [-0.25, -0.2) is 9.38 Å². The second kappa shape index (κ2) is 8.08. The van der Waals surface area contributed by atoms with Gasteiger partial charge >= 0.3 is 6.18 Å². The van der Waals surface area contributed by atoms with Crippen molar-refractivity contribution in [2.45, 2.75) is 17.8 Å². The Balaban J connectivity index is 1.68. The molecule has 1 amide bonds. The summed E-state index contributed by atoms with van der Waals surface area (Å²) in [5, 5.41) is 11.6. The number of carbonyl (C=O) groups is 1. The van der Waals surface area contributed by atoms with Crippen LogP contribution in [0.4, 0.5) is 23.2 Å². The molecule has 3 aliphatic rings. The summed E-state index contributed by atoms with van der Waals surface area (Å²) in [7, 11) is 1.63. The summed E-state index contributed by atoms with van der Waals surface area (Å²) < 4.78 is 65.5. The van der Waals surface area contributed by atoms with E-state index in [0.717, 1.165) is 6.07 Å². The number of hydrogen-bond acceptors (Lipinski definition) is 7. The fraction of sp³-hybridized carbons (Fsp3) is 0.381. The number of nitriles is 1. The topological polar surface area (TPSA) is 113 Å². The van der Waals surface area contributed by atoms with Crippen LogP contribution in [0, 0.1) is 23.1 Å². The number of aliphatic imine (C=N–C) groups is 1. The van der Waals surface area contributed by atoms with Crippen LogP contribution >= 0.6 is 0 Å². The molecule has 0 aromatic heterocycles. The highest BCUT2D eigenvalue weighted by atomic mass is 19.4. The van der Waals surface area contributed by atoms with Gasteiger partial charge in [0, 0.05) is 23.9 Å². The average Bonchev–Trinajstić information content (AvgIpc) is 3.14. The minimum Gasteiger partial charge on any atom is -0.465 e. The van der Waals surface area contributed by atoms with Crippen LogP contribution in [0.1, 0.15) is 5.56 Å². The maximum Gasteiger partial charge on any atom is 0.415 e. The van der Waals surface area contributed by atoms with E-state index in [2.05, 4.69) is 10.3 Å². The molecule has 3 aliphatic heterocycles. The first kappa shape index (κ1) is 22.6. The van der Waals surface area contributed by atoms with Crippen LogP contribution in [0.2, 0.25) is 0 Å². The van der Waals surface area contributed by atoms with Crippen molar-refractivity contribution in [3.8, 4) is 6.07 Å². The molecule has 3 N–H and O–H groups in total. The van der Waals surface area contributed by atoms with E-state index in [-0.39, 0.29) is 29.5 Å². The lowest BCUT2D eigenvalue weighted by Crippen LogP contribution is -2.48. The number of alkyl halides is 3. The molecule has 0 spiro atoms. The average molecular weight is 465 g/mol. The molecule has 2 unspecified atom stereocenters. The quantitative estimate of drug-likeness (QED) is 0.662. The molecular formula is C21H19F4N5O3. The number of fused-ring (bicyclic) bond motifs is 1. The summed E-state index contributed by atoms with van der Waals surface area (Å²) in [6.07, 6.45) is -3.94. The molecule has 1 fully saturated rings. The van der Waals surface area contributed by atoms with E-state index in [1.807, 2.05) is 6.07 Å². The Morgan fingerprint density at radius 1 is 1.39 bits per heavy atom. The summed E-state index contributed by atoms with van der Waals surface area (Å²) >= 11 is 0. The minimum absolute atomic E-state index is 0.143. The predicted molar refractivity (Wildman–Crippen MR) is 108 cm³/mol. The molecule has 4 rings (SSSR count). The van der Waals surface area contributed by atoms with Crippen molar-refractivity contribution < 1.29 is 31.8 Å². The number of nitrogens with two attached hydrogens (primary N) is 1. The molecule has 0 aliphatic carbocycles. The van der Waals surface area contributed by atoms with Crippen LogP contribution in [0.25, 0.3) is 0 Å². The second-order valence-electron chi connectivity index (χ2n) is 7.93. The monoisotopic (exact) mass is 465 g/mol. The van der Waals surface area contributed by atoms with Crippen LogP contribution in [0.3, 0.4) is 0 Å². The van der Waals surface area contributed by atoms with E-state index >= 15 is 0 Å². The van der Waals surface area contributed by atoms with Gasteiger partial charge in [0.2, 0.25) is 0 Å². The van der Waals surface area contributed by atoms with Crippen molar-refractivity contribution in [1.82, 2.24) is 4.90 Å². The van der Waals surface area contributed by atoms with Crippen LogP contribution < -0.4 is 11.1 Å². The molecule has 0 radical (unpaired) electrons. The molecule has 12 heteroatoms. The second-order valence-corrected chi connectivity index (χ2v) is 7.93. The van der Waals surface area contributed by atoms with Gasteiger partial charge in [0.05, 0.1) is 31.7 Å². The number of amidine groups is 1. The number of allylic oxidation sites excluding steroid dienone is 2. The summed E-state index contributed by atoms with van der Waals surface area (Å²) in [6.45, 7) is -0.782. The fourth-order valence-corrected chi connectivity index (χ4v) is 4.25. The third kappa shape index (κ3) is 4.00. The van der Waals surface area contributed by atoms with Crippen LogP contribution in [-0.2, 0) is 19.8 Å². The molecule has 1 saturated heterocycles. The zero-order chi connectivity index (χ0) is 24.0. The first-order valence-electron chi connectivity index (χ1n) is 9.85. The lowest BCUT2D eigenvalue weighted by molar-refractivity contribution is -0.219. The van der Waals surface area contributed by atoms with Crippen LogP contribution in [0.15, 0.2) is 46.6 Å². The number of carbonyl (C=O) groups excluding carboxylic acids is 1. The number of anilines is 1. The number of amides is 1. The molecule has 0 bridgehead atoms. The van der Waals surface area contributed by atoms with Gasteiger partial charge in [-0.2, -0.15) is 18.4 Å². The molecule has 1 aromatic rings. The maximum atomic E-state index is 14.9. The van der Waals surface area contributed by atoms with E-state index in [1.165, 1.54) is 24.3 Å². The van der Waals surface area contributed by atoms with E-state index in [1.54, 1.807) is 11.9 Å². The molecule has 3 atom stereocenters. The zero-order valence-corrected chi connectivity index (χ0v) is 17.3. The van der Waals surface area contributed by atoms with Crippen molar-refractivity contribution in [2.24, 2.45) is 16.6 Å². The van der Waals surface area contributed by atoms with Crippen molar-refractivity contribution in [1.29, 1.82) is 5.26 Å². The Hall–Kier alpha value is -3.59. The maximum absolute atomic E-state index is 14.9. The lowest BCUT2D eigenvalue weighted by Gasteiger charge is -2.36.